The molecule has 2 N–H and O–H groups in total. The summed E-state index contributed by atoms with van der Waals surface area (Å²) in [6.45, 7) is 8.26. The quantitative estimate of drug-likeness (QED) is 0.0314. The Morgan fingerprint density at radius 1 is 0.566 bits per heavy atom. The summed E-state index contributed by atoms with van der Waals surface area (Å²) in [7, 11) is -3.85. The van der Waals surface area contributed by atoms with E-state index in [1.165, 1.54) is 141 Å². The molecule has 0 heterocycles. The van der Waals surface area contributed by atoms with Gasteiger partial charge in [-0.2, -0.15) is 8.42 Å². The minimum absolute atomic E-state index is 0.0685. The van der Waals surface area contributed by atoms with E-state index in [4.69, 9.17) is 19.4 Å². The lowest BCUT2D eigenvalue weighted by Crippen LogP contribution is -2.36. The summed E-state index contributed by atoms with van der Waals surface area (Å²) in [5, 5.41) is 0. The highest BCUT2D eigenvalue weighted by Gasteiger charge is 2.29. The summed E-state index contributed by atoms with van der Waals surface area (Å²) in [6, 6.07) is 4.03. The van der Waals surface area contributed by atoms with Gasteiger partial charge in [0, 0.05) is 18.9 Å². The minimum Gasteiger partial charge on any atom is -0.423 e. The highest BCUT2D eigenvalue weighted by Crippen LogP contribution is 2.35. The van der Waals surface area contributed by atoms with Gasteiger partial charge >= 0.3 is 11.9 Å². The van der Waals surface area contributed by atoms with Crippen molar-refractivity contribution in [2.45, 2.75) is 220 Å². The van der Waals surface area contributed by atoms with Gasteiger partial charge < -0.3 is 15.2 Å². The Kier molecular flexibility index (Phi) is 28.9. The normalized spacial score (nSPS) is 13.0. The molecule has 2 unspecified atom stereocenters. The first-order chi connectivity index (χ1) is 25.5. The lowest BCUT2D eigenvalue weighted by Gasteiger charge is -2.26. The number of hydrogen-bond acceptors (Lipinski definition) is 8. The lowest BCUT2D eigenvalue weighted by atomic mass is 9.94. The van der Waals surface area contributed by atoms with Gasteiger partial charge in [0.05, 0.1) is 6.26 Å². The van der Waals surface area contributed by atoms with Crippen molar-refractivity contribution in [1.29, 1.82) is 0 Å². The van der Waals surface area contributed by atoms with Crippen LogP contribution in [0.2, 0.25) is 0 Å². The summed E-state index contributed by atoms with van der Waals surface area (Å²) >= 11 is 0. The molecule has 0 aromatic heterocycles. The predicted octanol–water partition coefficient (Wildman–Crippen LogP) is 12.5. The third kappa shape index (κ3) is 26.5. The second-order valence-electron chi connectivity index (χ2n) is 15.7. The van der Waals surface area contributed by atoms with E-state index < -0.39 is 34.2 Å². The second-order valence-corrected chi connectivity index (χ2v) is 17.3. The van der Waals surface area contributed by atoms with Crippen LogP contribution in [0.3, 0.4) is 0 Å². The molecule has 53 heavy (non-hydrogen) atoms. The Balaban J connectivity index is 2.65. The van der Waals surface area contributed by atoms with Crippen LogP contribution in [-0.4, -0.2) is 32.7 Å². The van der Waals surface area contributed by atoms with Gasteiger partial charge in [0.25, 0.3) is 10.1 Å². The van der Waals surface area contributed by atoms with Crippen molar-refractivity contribution in [3.8, 4) is 11.5 Å². The predicted molar refractivity (Wildman–Crippen MR) is 220 cm³/mol. The van der Waals surface area contributed by atoms with Gasteiger partial charge in [0.15, 0.2) is 11.5 Å². The summed E-state index contributed by atoms with van der Waals surface area (Å²) in [5.74, 6) is -0.714. The van der Waals surface area contributed by atoms with Gasteiger partial charge in [-0.25, -0.2) is 0 Å². The largest absolute Gasteiger partial charge is 0.423 e. The number of unbranched alkanes of at least 4 members (excludes halogenated alkanes) is 24. The van der Waals surface area contributed by atoms with Crippen LogP contribution in [0, 0.1) is 5.92 Å². The van der Waals surface area contributed by atoms with E-state index in [0.717, 1.165) is 38.4 Å². The Morgan fingerprint density at radius 3 is 1.25 bits per heavy atom. The highest BCUT2D eigenvalue weighted by molar-refractivity contribution is 7.86. The average molecular weight is 766 g/mol. The molecule has 1 aromatic rings. The van der Waals surface area contributed by atoms with Crippen molar-refractivity contribution < 1.29 is 31.7 Å². The Bertz CT molecular complexity index is 1190. The van der Waals surface area contributed by atoms with E-state index in [2.05, 4.69) is 13.8 Å². The van der Waals surface area contributed by atoms with Gasteiger partial charge in [-0.05, 0) is 36.5 Å². The molecule has 0 aliphatic rings. The molecule has 2 atom stereocenters. The summed E-state index contributed by atoms with van der Waals surface area (Å²) < 4.78 is 41.2. The summed E-state index contributed by atoms with van der Waals surface area (Å²) in [6.07, 6.45) is 32.1. The van der Waals surface area contributed by atoms with Crippen LogP contribution in [0.1, 0.15) is 219 Å². The number of benzene rings is 1. The lowest BCUT2D eigenvalue weighted by molar-refractivity contribution is -0.137. The van der Waals surface area contributed by atoms with E-state index in [0.29, 0.717) is 12.0 Å². The molecule has 0 bridgehead atoms. The van der Waals surface area contributed by atoms with Crippen molar-refractivity contribution in [2.24, 2.45) is 11.7 Å². The molecular formula is C44H79NO7S. The zero-order valence-electron chi connectivity index (χ0n) is 34.6. The van der Waals surface area contributed by atoms with E-state index in [-0.39, 0.29) is 30.3 Å². The number of hydrogen-bond donors (Lipinski definition) is 1. The Labute approximate surface area is 325 Å². The average Bonchev–Trinajstić information content (AvgIpc) is 3.11. The molecule has 0 amide bonds. The van der Waals surface area contributed by atoms with Gasteiger partial charge in [-0.15, -0.1) is 0 Å². The van der Waals surface area contributed by atoms with Crippen molar-refractivity contribution in [3.63, 3.8) is 0 Å². The zero-order valence-corrected chi connectivity index (χ0v) is 35.4. The van der Waals surface area contributed by atoms with Crippen LogP contribution in [0.25, 0.3) is 0 Å². The van der Waals surface area contributed by atoms with Crippen molar-refractivity contribution >= 4 is 22.1 Å². The highest BCUT2D eigenvalue weighted by atomic mass is 32.2. The molecule has 0 aliphatic heterocycles. The number of ether oxygens (including phenoxy) is 2. The fraction of sp³-hybridized carbons (Fsp3) is 0.818. The van der Waals surface area contributed by atoms with Crippen LogP contribution in [-0.2, 0) is 23.9 Å². The molecule has 0 fully saturated rings. The third-order valence-electron chi connectivity index (χ3n) is 10.1. The third-order valence-corrected chi connectivity index (χ3v) is 10.7. The van der Waals surface area contributed by atoms with Crippen LogP contribution < -0.4 is 15.2 Å². The van der Waals surface area contributed by atoms with Crippen LogP contribution in [0.4, 0.5) is 0 Å². The molecule has 1 rings (SSSR count). The number of carbonyl (C=O) groups excluding carboxylic acids is 2. The first-order valence-electron chi connectivity index (χ1n) is 21.7. The molecule has 0 spiro atoms. The molecule has 0 saturated carbocycles. The van der Waals surface area contributed by atoms with Gasteiger partial charge in [-0.3, -0.25) is 13.8 Å². The number of esters is 2. The Morgan fingerprint density at radius 2 is 0.906 bits per heavy atom. The van der Waals surface area contributed by atoms with Gasteiger partial charge in [-0.1, -0.05) is 188 Å². The number of rotatable bonds is 35. The number of nitrogens with two attached hydrogens (primary N) is 1. The van der Waals surface area contributed by atoms with Crippen molar-refractivity contribution in [3.05, 3.63) is 23.8 Å². The summed E-state index contributed by atoms with van der Waals surface area (Å²) in [5.41, 5.74) is 6.82. The Hall–Kier alpha value is -1.97. The summed E-state index contributed by atoms with van der Waals surface area (Å²) in [4.78, 5) is 25.9. The van der Waals surface area contributed by atoms with Gasteiger partial charge in [0.2, 0.25) is 0 Å². The monoisotopic (exact) mass is 766 g/mol. The first kappa shape index (κ1) is 49.0. The van der Waals surface area contributed by atoms with E-state index in [9.17, 15) is 18.0 Å². The van der Waals surface area contributed by atoms with Crippen LogP contribution in [0.15, 0.2) is 18.2 Å². The maximum absolute atomic E-state index is 13.0. The maximum Gasteiger partial charge on any atom is 0.311 e. The molecule has 9 heteroatoms. The molecule has 1 aromatic carbocycles. The van der Waals surface area contributed by atoms with E-state index >= 15 is 0 Å². The van der Waals surface area contributed by atoms with Crippen molar-refractivity contribution in [1.82, 2.24) is 0 Å². The van der Waals surface area contributed by atoms with Crippen molar-refractivity contribution in [2.75, 3.05) is 6.26 Å². The fourth-order valence-electron chi connectivity index (χ4n) is 6.67. The van der Waals surface area contributed by atoms with Gasteiger partial charge in [0.1, 0.15) is 6.10 Å². The SMILES string of the molecule is CCCCCCCCCCCCCCCC(=O)Oc1ccc(C(OS(C)(=O)=O)C(N)C(C)C)cc1OC(=O)CCCCCCCCCCCCCCC. The van der Waals surface area contributed by atoms with E-state index in [1.807, 2.05) is 13.8 Å². The standard InChI is InChI=1S/C44H79NO7S/c1-6-8-10-12-14-16-18-20-22-24-26-28-30-32-41(46)50-39-35-34-38(44(43(45)37(3)4)52-53(5,48)49)36-40(39)51-42(47)33-31-29-27-25-23-21-19-17-15-13-11-9-7-2/h34-37,43-44H,6-33,45H2,1-5H3. The second kappa shape index (κ2) is 31.3. The molecule has 0 radical (unpaired) electrons. The topological polar surface area (TPSA) is 122 Å². The fourth-order valence-corrected chi connectivity index (χ4v) is 7.28. The molecule has 308 valence electrons. The van der Waals surface area contributed by atoms with Crippen LogP contribution >= 0.6 is 0 Å². The molecule has 0 saturated heterocycles. The smallest absolute Gasteiger partial charge is 0.311 e. The first-order valence-corrected chi connectivity index (χ1v) is 23.5. The van der Waals surface area contributed by atoms with Crippen LogP contribution in [0.5, 0.6) is 11.5 Å². The molecular weight excluding hydrogens is 687 g/mol. The number of carbonyl (C=O) groups is 2. The molecule has 0 aliphatic carbocycles. The maximum atomic E-state index is 13.0. The van der Waals surface area contributed by atoms with E-state index in [1.54, 1.807) is 6.07 Å². The molecule has 8 nitrogen and oxygen atoms in total. The minimum atomic E-state index is -3.85. The zero-order chi connectivity index (χ0) is 39.2.